The Morgan fingerprint density at radius 1 is 1.42 bits per heavy atom. The number of carbonyl (C=O) groups is 1. The van der Waals surface area contributed by atoms with Gasteiger partial charge in [-0.05, 0) is 26.2 Å². The molecule has 0 heterocycles. The molecule has 0 N–H and O–H groups in total. The van der Waals surface area contributed by atoms with Gasteiger partial charge in [-0.3, -0.25) is 0 Å². The summed E-state index contributed by atoms with van der Waals surface area (Å²) in [5.41, 5.74) is -0.148. The minimum atomic E-state index is -0.148. The molecule has 0 saturated heterocycles. The second-order valence-electron chi connectivity index (χ2n) is 4.17. The predicted molar refractivity (Wildman–Crippen MR) is 50.2 cm³/mol. The lowest BCUT2D eigenvalue weighted by atomic mass is 10.0. The predicted octanol–water partition coefficient (Wildman–Crippen LogP) is 2.42. The van der Waals surface area contributed by atoms with Crippen molar-refractivity contribution >= 4 is 6.29 Å². The standard InChI is InChI=1S/C10H20O2/c1-9(2)8-12-10(3,4)6-5-7-11/h7,9H,5-6,8H2,1-4H3. The molecule has 0 aromatic carbocycles. The highest BCUT2D eigenvalue weighted by Gasteiger charge is 2.17. The van der Waals surface area contributed by atoms with E-state index in [-0.39, 0.29) is 5.60 Å². The molecule has 2 nitrogen and oxygen atoms in total. The fourth-order valence-electron chi connectivity index (χ4n) is 0.871. The molecule has 0 rings (SSSR count). The second-order valence-corrected chi connectivity index (χ2v) is 4.17. The summed E-state index contributed by atoms with van der Waals surface area (Å²) in [6.45, 7) is 9.06. The molecule has 0 radical (unpaired) electrons. The van der Waals surface area contributed by atoms with Gasteiger partial charge in [-0.1, -0.05) is 13.8 Å². The molecular formula is C10H20O2. The second kappa shape index (κ2) is 5.31. The van der Waals surface area contributed by atoms with Gasteiger partial charge >= 0.3 is 0 Å². The zero-order chi connectivity index (χ0) is 9.61. The molecule has 0 aliphatic heterocycles. The average molecular weight is 172 g/mol. The normalized spacial score (nSPS) is 12.1. The Morgan fingerprint density at radius 2 is 2.00 bits per heavy atom. The number of aldehydes is 1. The maximum atomic E-state index is 10.1. The van der Waals surface area contributed by atoms with Gasteiger partial charge in [-0.15, -0.1) is 0 Å². The van der Waals surface area contributed by atoms with Crippen molar-refractivity contribution in [1.29, 1.82) is 0 Å². The molecule has 0 aliphatic rings. The van der Waals surface area contributed by atoms with Gasteiger partial charge in [0, 0.05) is 13.0 Å². The van der Waals surface area contributed by atoms with Crippen LogP contribution in [0.5, 0.6) is 0 Å². The molecule has 0 aliphatic carbocycles. The van der Waals surface area contributed by atoms with Crippen LogP contribution in [0.15, 0.2) is 0 Å². The zero-order valence-electron chi connectivity index (χ0n) is 8.59. The number of hydrogen-bond donors (Lipinski definition) is 0. The SMILES string of the molecule is CC(C)COC(C)(C)CCC=O. The Bertz CT molecular complexity index is 128. The summed E-state index contributed by atoms with van der Waals surface area (Å²) in [5.74, 6) is 0.556. The van der Waals surface area contributed by atoms with Gasteiger partial charge in [0.1, 0.15) is 6.29 Å². The maximum Gasteiger partial charge on any atom is 0.120 e. The summed E-state index contributed by atoms with van der Waals surface area (Å²) >= 11 is 0. The lowest BCUT2D eigenvalue weighted by molar-refractivity contribution is -0.109. The van der Waals surface area contributed by atoms with E-state index in [0.29, 0.717) is 12.3 Å². The molecule has 0 spiro atoms. The van der Waals surface area contributed by atoms with E-state index in [0.717, 1.165) is 19.3 Å². The molecule has 0 amide bonds. The van der Waals surface area contributed by atoms with Gasteiger partial charge in [-0.25, -0.2) is 0 Å². The highest BCUT2D eigenvalue weighted by Crippen LogP contribution is 2.16. The molecule has 0 atom stereocenters. The van der Waals surface area contributed by atoms with E-state index in [4.69, 9.17) is 4.74 Å². The summed E-state index contributed by atoms with van der Waals surface area (Å²) in [7, 11) is 0. The molecular weight excluding hydrogens is 152 g/mol. The zero-order valence-corrected chi connectivity index (χ0v) is 8.59. The molecule has 2 heteroatoms. The quantitative estimate of drug-likeness (QED) is 0.575. The fraction of sp³-hybridized carbons (Fsp3) is 0.900. The van der Waals surface area contributed by atoms with E-state index in [1.54, 1.807) is 0 Å². The van der Waals surface area contributed by atoms with Gasteiger partial charge in [0.2, 0.25) is 0 Å². The highest BCUT2D eigenvalue weighted by atomic mass is 16.5. The first-order valence-corrected chi connectivity index (χ1v) is 4.55. The number of hydrogen-bond acceptors (Lipinski definition) is 2. The summed E-state index contributed by atoms with van der Waals surface area (Å²) in [5, 5.41) is 0. The Kier molecular flexibility index (Phi) is 5.14. The van der Waals surface area contributed by atoms with E-state index in [9.17, 15) is 4.79 Å². The summed E-state index contributed by atoms with van der Waals surface area (Å²) in [6, 6.07) is 0. The molecule has 0 unspecified atom stereocenters. The van der Waals surface area contributed by atoms with Crippen molar-refractivity contribution in [2.45, 2.75) is 46.1 Å². The van der Waals surface area contributed by atoms with Crippen LogP contribution in [0.1, 0.15) is 40.5 Å². The third kappa shape index (κ3) is 6.35. The van der Waals surface area contributed by atoms with E-state index in [1.807, 2.05) is 13.8 Å². The Morgan fingerprint density at radius 3 is 2.42 bits per heavy atom. The smallest absolute Gasteiger partial charge is 0.120 e. The van der Waals surface area contributed by atoms with Crippen LogP contribution in [0.25, 0.3) is 0 Å². The minimum Gasteiger partial charge on any atom is -0.375 e. The van der Waals surface area contributed by atoms with Crippen LogP contribution in [0.3, 0.4) is 0 Å². The average Bonchev–Trinajstić information content (AvgIpc) is 1.98. The largest absolute Gasteiger partial charge is 0.375 e. The molecule has 0 fully saturated rings. The Hall–Kier alpha value is -0.370. The van der Waals surface area contributed by atoms with E-state index in [2.05, 4.69) is 13.8 Å². The van der Waals surface area contributed by atoms with Gasteiger partial charge in [0.25, 0.3) is 0 Å². The van der Waals surface area contributed by atoms with Gasteiger partial charge < -0.3 is 9.53 Å². The number of carbonyl (C=O) groups excluding carboxylic acids is 1. The highest BCUT2D eigenvalue weighted by molar-refractivity contribution is 5.49. The number of rotatable bonds is 6. The van der Waals surface area contributed by atoms with Crippen LogP contribution in [-0.2, 0) is 9.53 Å². The van der Waals surface area contributed by atoms with Gasteiger partial charge in [0.05, 0.1) is 5.60 Å². The van der Waals surface area contributed by atoms with Crippen molar-refractivity contribution in [1.82, 2.24) is 0 Å². The van der Waals surface area contributed by atoms with Crippen LogP contribution < -0.4 is 0 Å². The first-order valence-electron chi connectivity index (χ1n) is 4.55. The third-order valence-electron chi connectivity index (χ3n) is 1.67. The summed E-state index contributed by atoms with van der Waals surface area (Å²) in [4.78, 5) is 10.1. The topological polar surface area (TPSA) is 26.3 Å². The van der Waals surface area contributed by atoms with Crippen LogP contribution in [0.4, 0.5) is 0 Å². The monoisotopic (exact) mass is 172 g/mol. The molecule has 0 aromatic rings. The Balaban J connectivity index is 3.62. The first-order chi connectivity index (χ1) is 5.48. The van der Waals surface area contributed by atoms with Crippen molar-refractivity contribution in [3.63, 3.8) is 0 Å². The minimum absolute atomic E-state index is 0.148. The molecule has 0 bridgehead atoms. The van der Waals surface area contributed by atoms with Crippen molar-refractivity contribution in [2.24, 2.45) is 5.92 Å². The van der Waals surface area contributed by atoms with Crippen molar-refractivity contribution in [2.75, 3.05) is 6.61 Å². The van der Waals surface area contributed by atoms with Crippen molar-refractivity contribution in [3.05, 3.63) is 0 Å². The maximum absolute atomic E-state index is 10.1. The fourth-order valence-corrected chi connectivity index (χ4v) is 0.871. The first kappa shape index (κ1) is 11.6. The lowest BCUT2D eigenvalue weighted by Gasteiger charge is -2.25. The lowest BCUT2D eigenvalue weighted by Crippen LogP contribution is -2.26. The van der Waals surface area contributed by atoms with Gasteiger partial charge in [0.15, 0.2) is 0 Å². The van der Waals surface area contributed by atoms with Gasteiger partial charge in [-0.2, -0.15) is 0 Å². The summed E-state index contributed by atoms with van der Waals surface area (Å²) < 4.78 is 5.63. The van der Waals surface area contributed by atoms with Crippen LogP contribution in [0.2, 0.25) is 0 Å². The molecule has 72 valence electrons. The van der Waals surface area contributed by atoms with Crippen LogP contribution in [0, 0.1) is 5.92 Å². The van der Waals surface area contributed by atoms with Crippen molar-refractivity contribution < 1.29 is 9.53 Å². The van der Waals surface area contributed by atoms with Crippen LogP contribution >= 0.6 is 0 Å². The van der Waals surface area contributed by atoms with E-state index in [1.165, 1.54) is 0 Å². The number of ether oxygens (including phenoxy) is 1. The van der Waals surface area contributed by atoms with Crippen molar-refractivity contribution in [3.8, 4) is 0 Å². The summed E-state index contributed by atoms with van der Waals surface area (Å²) in [6.07, 6.45) is 2.34. The molecule has 0 aromatic heterocycles. The molecule has 12 heavy (non-hydrogen) atoms. The van der Waals surface area contributed by atoms with E-state index >= 15 is 0 Å². The third-order valence-corrected chi connectivity index (χ3v) is 1.67. The molecule has 0 saturated carbocycles. The van der Waals surface area contributed by atoms with E-state index < -0.39 is 0 Å². The Labute approximate surface area is 75.3 Å². The van der Waals surface area contributed by atoms with Crippen LogP contribution in [-0.4, -0.2) is 18.5 Å².